The molecule has 0 spiro atoms. The lowest BCUT2D eigenvalue weighted by Crippen LogP contribution is -2.03. The lowest BCUT2D eigenvalue weighted by atomic mass is 10.1. The number of nitriles is 1. The Bertz CT molecular complexity index is 1250. The van der Waals surface area contributed by atoms with Gasteiger partial charge >= 0.3 is 0 Å². The van der Waals surface area contributed by atoms with Gasteiger partial charge in [-0.1, -0.05) is 0 Å². The molecule has 0 atom stereocenters. The van der Waals surface area contributed by atoms with Crippen molar-refractivity contribution in [1.82, 2.24) is 4.98 Å². The Balaban J connectivity index is 1.71. The number of pyridine rings is 1. The topological polar surface area (TPSA) is 123 Å². The van der Waals surface area contributed by atoms with Crippen molar-refractivity contribution in [3.05, 3.63) is 89.5 Å². The van der Waals surface area contributed by atoms with Gasteiger partial charge in [0.25, 0.3) is 5.69 Å². The zero-order valence-electron chi connectivity index (χ0n) is 18.2. The molecule has 0 radical (unpaired) electrons. The highest BCUT2D eigenvalue weighted by molar-refractivity contribution is 9.11. The van der Waals surface area contributed by atoms with E-state index in [0.717, 1.165) is 22.4 Å². The number of benzene rings is 2. The highest BCUT2D eigenvalue weighted by Crippen LogP contribution is 2.35. The van der Waals surface area contributed by atoms with E-state index < -0.39 is 4.92 Å². The molecule has 1 heterocycles. The van der Waals surface area contributed by atoms with Gasteiger partial charge in [-0.15, -0.1) is 0 Å². The Hall–Kier alpha value is -3.33. The van der Waals surface area contributed by atoms with Gasteiger partial charge in [0.05, 0.1) is 26.7 Å². The Morgan fingerprint density at radius 3 is 2.47 bits per heavy atom. The monoisotopic (exact) mass is 587 g/mol. The summed E-state index contributed by atoms with van der Waals surface area (Å²) in [6.07, 6.45) is 1.59. The minimum atomic E-state index is -0.443. The van der Waals surface area contributed by atoms with Crippen LogP contribution in [0.5, 0.6) is 5.75 Å². The molecule has 0 saturated carbocycles. The number of hydrogen-bond acceptors (Lipinski definition) is 8. The first-order valence-corrected chi connectivity index (χ1v) is 11.4. The molecule has 0 saturated heterocycles. The second kappa shape index (κ2) is 11.7. The van der Waals surface area contributed by atoms with E-state index in [1.54, 1.807) is 31.5 Å². The first-order valence-electron chi connectivity index (χ1n) is 9.86. The third-order valence-corrected chi connectivity index (χ3v) is 5.75. The summed E-state index contributed by atoms with van der Waals surface area (Å²) in [4.78, 5) is 14.7. The van der Waals surface area contributed by atoms with E-state index in [9.17, 15) is 15.4 Å². The zero-order chi connectivity index (χ0) is 24.7. The van der Waals surface area contributed by atoms with Crippen LogP contribution in [0.3, 0.4) is 0 Å². The number of nitrogens with zero attached hydrogens (tertiary/aromatic N) is 4. The number of methoxy groups -OCH3 is 1. The summed E-state index contributed by atoms with van der Waals surface area (Å²) in [5, 5.41) is 24.5. The zero-order valence-corrected chi connectivity index (χ0v) is 21.4. The van der Waals surface area contributed by atoms with Gasteiger partial charge in [0.1, 0.15) is 24.0 Å². The molecule has 0 amide bonds. The predicted molar refractivity (Wildman–Crippen MR) is 135 cm³/mol. The number of aromatic nitrogens is 1. The number of halogens is 2. The van der Waals surface area contributed by atoms with Crippen molar-refractivity contribution in [2.24, 2.45) is 5.10 Å². The minimum Gasteiger partial charge on any atom is -0.487 e. The standard InChI is InChI=1S/C23H19Br2N5O4/c1-14-7-17(13-33-2)19(10-26)23(28-14)29-27-11-16-8-20(24)22(21(25)9-16)34-12-15-3-5-18(6-4-15)30(31)32/h3-9,11H,12-13H2,1-2H3,(H,28,29)/b27-11-. The van der Waals surface area contributed by atoms with Crippen molar-refractivity contribution in [2.45, 2.75) is 20.1 Å². The lowest BCUT2D eigenvalue weighted by Gasteiger charge is -2.11. The molecule has 0 fully saturated rings. The smallest absolute Gasteiger partial charge is 0.269 e. The largest absolute Gasteiger partial charge is 0.487 e. The summed E-state index contributed by atoms with van der Waals surface area (Å²) < 4.78 is 12.4. The molecule has 174 valence electrons. The molecule has 1 N–H and O–H groups in total. The third-order valence-electron chi connectivity index (χ3n) is 4.58. The summed E-state index contributed by atoms with van der Waals surface area (Å²) in [6, 6.07) is 13.8. The van der Waals surface area contributed by atoms with Gasteiger partial charge in [-0.3, -0.25) is 15.5 Å². The molecule has 1 aromatic heterocycles. The number of nitrogens with one attached hydrogen (secondary N) is 1. The maximum absolute atomic E-state index is 10.8. The fraction of sp³-hybridized carbons (Fsp3) is 0.174. The van der Waals surface area contributed by atoms with Crippen LogP contribution in [0.25, 0.3) is 0 Å². The summed E-state index contributed by atoms with van der Waals surface area (Å²) in [7, 11) is 1.57. The Labute approximate surface area is 212 Å². The molecule has 0 aliphatic heterocycles. The molecule has 3 aromatic rings. The molecule has 3 rings (SSSR count). The second-order valence-corrected chi connectivity index (χ2v) is 8.80. The maximum atomic E-state index is 10.8. The van der Waals surface area contributed by atoms with Crippen LogP contribution in [-0.2, 0) is 18.0 Å². The summed E-state index contributed by atoms with van der Waals surface area (Å²) in [6.45, 7) is 2.37. The van der Waals surface area contributed by atoms with Crippen LogP contribution in [-0.4, -0.2) is 23.2 Å². The lowest BCUT2D eigenvalue weighted by molar-refractivity contribution is -0.384. The molecule has 0 aliphatic rings. The van der Waals surface area contributed by atoms with Crippen LogP contribution in [0, 0.1) is 28.4 Å². The molecule has 9 nitrogen and oxygen atoms in total. The van der Waals surface area contributed by atoms with E-state index in [-0.39, 0.29) is 12.3 Å². The quantitative estimate of drug-likeness (QED) is 0.188. The van der Waals surface area contributed by atoms with Gasteiger partial charge in [0.15, 0.2) is 5.82 Å². The molecular formula is C23H19Br2N5O4. The van der Waals surface area contributed by atoms with Gasteiger partial charge in [0.2, 0.25) is 0 Å². The number of nitro groups is 1. The fourth-order valence-corrected chi connectivity index (χ4v) is 4.50. The van der Waals surface area contributed by atoms with Crippen molar-refractivity contribution in [3.63, 3.8) is 0 Å². The van der Waals surface area contributed by atoms with Crippen LogP contribution in [0.1, 0.15) is 27.9 Å². The van der Waals surface area contributed by atoms with E-state index in [1.165, 1.54) is 12.1 Å². The van der Waals surface area contributed by atoms with Gasteiger partial charge in [0, 0.05) is 30.5 Å². The molecule has 2 aromatic carbocycles. The molecular weight excluding hydrogens is 570 g/mol. The first-order chi connectivity index (χ1) is 16.3. The van der Waals surface area contributed by atoms with Crippen molar-refractivity contribution >= 4 is 49.6 Å². The van der Waals surface area contributed by atoms with E-state index >= 15 is 0 Å². The first kappa shape index (κ1) is 25.3. The molecule has 11 heteroatoms. The average molecular weight is 589 g/mol. The molecule has 0 bridgehead atoms. The predicted octanol–water partition coefficient (Wildman–Crippen LogP) is 5.87. The van der Waals surface area contributed by atoms with Crippen molar-refractivity contribution in [2.75, 3.05) is 12.5 Å². The average Bonchev–Trinajstić information content (AvgIpc) is 2.79. The van der Waals surface area contributed by atoms with E-state index in [0.29, 0.717) is 32.7 Å². The number of non-ortho nitro benzene ring substituents is 1. The summed E-state index contributed by atoms with van der Waals surface area (Å²) in [5.41, 5.74) is 6.27. The van der Waals surface area contributed by atoms with E-state index in [4.69, 9.17) is 9.47 Å². The van der Waals surface area contributed by atoms with Crippen molar-refractivity contribution in [3.8, 4) is 11.8 Å². The number of hydrogen-bond donors (Lipinski definition) is 1. The highest BCUT2D eigenvalue weighted by Gasteiger charge is 2.12. The van der Waals surface area contributed by atoms with Gasteiger partial charge < -0.3 is 9.47 Å². The van der Waals surface area contributed by atoms with Crippen LogP contribution >= 0.6 is 31.9 Å². The minimum absolute atomic E-state index is 0.0287. The Kier molecular flexibility index (Phi) is 8.70. The molecule has 0 aliphatic carbocycles. The van der Waals surface area contributed by atoms with E-state index in [1.807, 2.05) is 19.1 Å². The van der Waals surface area contributed by atoms with Gasteiger partial charge in [-0.05, 0) is 80.2 Å². The number of nitro benzene ring substituents is 1. The summed E-state index contributed by atoms with van der Waals surface area (Å²) in [5.74, 6) is 0.937. The van der Waals surface area contributed by atoms with Crippen LogP contribution in [0.15, 0.2) is 56.5 Å². The number of hydrazone groups is 1. The number of aryl methyl sites for hydroxylation is 1. The molecule has 34 heavy (non-hydrogen) atoms. The van der Waals surface area contributed by atoms with Gasteiger partial charge in [-0.2, -0.15) is 10.4 Å². The fourth-order valence-electron chi connectivity index (χ4n) is 3.05. The molecule has 0 unspecified atom stereocenters. The number of anilines is 1. The Morgan fingerprint density at radius 2 is 1.88 bits per heavy atom. The van der Waals surface area contributed by atoms with Crippen molar-refractivity contribution in [1.29, 1.82) is 5.26 Å². The normalized spacial score (nSPS) is 10.8. The Morgan fingerprint density at radius 1 is 1.21 bits per heavy atom. The van der Waals surface area contributed by atoms with E-state index in [2.05, 4.69) is 53.4 Å². The van der Waals surface area contributed by atoms with Gasteiger partial charge in [-0.25, -0.2) is 4.98 Å². The van der Waals surface area contributed by atoms with Crippen LogP contribution in [0.4, 0.5) is 11.5 Å². The summed E-state index contributed by atoms with van der Waals surface area (Å²) >= 11 is 7.00. The third kappa shape index (κ3) is 6.38. The van der Waals surface area contributed by atoms with Crippen LogP contribution < -0.4 is 10.2 Å². The highest BCUT2D eigenvalue weighted by atomic mass is 79.9. The second-order valence-electron chi connectivity index (χ2n) is 7.09. The SMILES string of the molecule is COCc1cc(C)nc(N/N=C\c2cc(Br)c(OCc3ccc([N+](=O)[O-])cc3)c(Br)c2)c1C#N. The van der Waals surface area contributed by atoms with Crippen LogP contribution in [0.2, 0.25) is 0 Å². The number of ether oxygens (including phenoxy) is 2. The number of rotatable bonds is 9. The van der Waals surface area contributed by atoms with Crippen molar-refractivity contribution < 1.29 is 14.4 Å². The maximum Gasteiger partial charge on any atom is 0.269 e.